The van der Waals surface area contributed by atoms with E-state index >= 15 is 0 Å². The van der Waals surface area contributed by atoms with Crippen LogP contribution in [0.5, 0.6) is 23.0 Å². The third kappa shape index (κ3) is 7.42. The molecule has 0 amide bonds. The van der Waals surface area contributed by atoms with E-state index in [0.717, 1.165) is 12.2 Å². The van der Waals surface area contributed by atoms with Crippen LogP contribution in [0.1, 0.15) is 21.7 Å². The second-order valence-electron chi connectivity index (χ2n) is 8.37. The maximum atomic E-state index is 12.3. The lowest BCUT2D eigenvalue weighted by molar-refractivity contribution is -0.271. The molecule has 1 aliphatic rings. The number of rotatable bonds is 11. The number of phenols is 1. The van der Waals surface area contributed by atoms with Crippen LogP contribution in [0.4, 0.5) is 0 Å². The highest BCUT2D eigenvalue weighted by Gasteiger charge is 2.48. The summed E-state index contributed by atoms with van der Waals surface area (Å²) in [7, 11) is -1.48. The molecule has 1 heterocycles. The van der Waals surface area contributed by atoms with Gasteiger partial charge in [0.25, 0.3) is 0 Å². The Morgan fingerprint density at radius 3 is 2.10 bits per heavy atom. The smallest absolute Gasteiger partial charge is 0.335 e. The average molecular weight is 548 g/mol. The summed E-state index contributed by atoms with van der Waals surface area (Å²) in [4.78, 5) is 35.8. The van der Waals surface area contributed by atoms with Gasteiger partial charge in [0, 0.05) is 0 Å². The Balaban J connectivity index is 1.62. The van der Waals surface area contributed by atoms with Gasteiger partial charge in [-0.15, -0.1) is 0 Å². The zero-order valence-electron chi connectivity index (χ0n) is 23.5. The third-order valence-electron chi connectivity index (χ3n) is 5.61. The summed E-state index contributed by atoms with van der Waals surface area (Å²) < 4.78 is 41.9. The first-order chi connectivity index (χ1) is 19.7. The first-order valence-corrected chi connectivity index (χ1v) is 11.4. The van der Waals surface area contributed by atoms with Gasteiger partial charge < -0.3 is 44.5 Å². The predicted octanol–water partition coefficient (Wildman–Crippen LogP) is 0.935. The maximum Gasteiger partial charge on any atom is 0.335 e. The Morgan fingerprint density at radius 2 is 1.51 bits per heavy atom. The van der Waals surface area contributed by atoms with Crippen LogP contribution >= 0.6 is 0 Å². The second-order valence-corrected chi connectivity index (χ2v) is 8.37. The molecule has 0 saturated carbocycles. The van der Waals surface area contributed by atoms with Crippen LogP contribution < -0.4 is 14.2 Å². The summed E-state index contributed by atoms with van der Waals surface area (Å²) in [5, 5.41) is 48.8. The maximum absolute atomic E-state index is 12.3. The first-order valence-electron chi connectivity index (χ1n) is 12.9. The average Bonchev–Trinajstić information content (AvgIpc) is 2.92. The summed E-state index contributed by atoms with van der Waals surface area (Å²) in [6.45, 7) is 0. The summed E-state index contributed by atoms with van der Waals surface area (Å²) >= 11 is 0. The number of hydrogen-bond donors (Lipinski definition) is 5. The van der Waals surface area contributed by atoms with E-state index in [1.165, 1.54) is 55.7 Å². The SMILES string of the molecule is [2H]C([2H])([2H])Oc1cc(/C=C/C(=O)CC(=O)/C=C/c2ccc(O[C@@H]3O[C@H](C(=O)O)[C@@H](O)[C@H](O)[C@H]3O)c(OC)c2)ccc1O. The number of aliphatic hydroxyl groups is 3. The minimum absolute atomic E-state index is 0.000255. The largest absolute Gasteiger partial charge is 0.504 e. The molecule has 0 unspecified atom stereocenters. The predicted molar refractivity (Wildman–Crippen MR) is 135 cm³/mol. The number of carboxylic acid groups (broad SMARTS) is 1. The number of carbonyl (C=O) groups excluding carboxylic acids is 2. The molecule has 1 saturated heterocycles. The zero-order valence-corrected chi connectivity index (χ0v) is 20.5. The van der Waals surface area contributed by atoms with E-state index in [1.54, 1.807) is 0 Å². The van der Waals surface area contributed by atoms with Gasteiger partial charge in [0.15, 0.2) is 40.7 Å². The number of benzene rings is 2. The number of aromatic hydroxyl groups is 1. The number of aliphatic hydroxyl groups excluding tert-OH is 3. The van der Waals surface area contributed by atoms with E-state index in [-0.39, 0.29) is 17.2 Å². The zero-order chi connectivity index (χ0) is 31.2. The highest BCUT2D eigenvalue weighted by molar-refractivity contribution is 6.10. The number of ether oxygens (including phenoxy) is 4. The lowest BCUT2D eigenvalue weighted by Gasteiger charge is -2.38. The number of carbonyl (C=O) groups is 3. The lowest BCUT2D eigenvalue weighted by Crippen LogP contribution is -2.61. The van der Waals surface area contributed by atoms with Crippen molar-refractivity contribution in [3.8, 4) is 23.0 Å². The number of phenolic OH excluding ortho intramolecular Hbond substituents is 1. The van der Waals surface area contributed by atoms with Gasteiger partial charge in [-0.05, 0) is 47.5 Å². The Kier molecular flexibility index (Phi) is 8.37. The quantitative estimate of drug-likeness (QED) is 0.198. The molecule has 2 aromatic rings. The molecule has 5 atom stereocenters. The van der Waals surface area contributed by atoms with Gasteiger partial charge >= 0.3 is 5.97 Å². The van der Waals surface area contributed by atoms with Crippen molar-refractivity contribution in [1.29, 1.82) is 0 Å². The molecule has 0 bridgehead atoms. The minimum Gasteiger partial charge on any atom is -0.504 e. The Hall–Kier alpha value is -4.23. The second kappa shape index (κ2) is 13.0. The van der Waals surface area contributed by atoms with Crippen LogP contribution in [0, 0.1) is 0 Å². The number of ketones is 2. The molecule has 5 N–H and O–H groups in total. The monoisotopic (exact) mass is 547 g/mol. The summed E-state index contributed by atoms with van der Waals surface area (Å²) in [5.74, 6) is -3.23. The molecule has 208 valence electrons. The third-order valence-corrected chi connectivity index (χ3v) is 5.61. The Bertz CT molecular complexity index is 1370. The molecule has 0 radical (unpaired) electrons. The molecular weight excluding hydrogens is 516 g/mol. The molecule has 0 aliphatic carbocycles. The van der Waals surface area contributed by atoms with E-state index in [9.17, 15) is 39.9 Å². The molecule has 0 spiro atoms. The van der Waals surface area contributed by atoms with Crippen LogP contribution in [-0.2, 0) is 19.1 Å². The molecule has 12 nitrogen and oxygen atoms in total. The number of aliphatic carboxylic acids is 1. The lowest BCUT2D eigenvalue weighted by atomic mass is 9.99. The van der Waals surface area contributed by atoms with Crippen LogP contribution in [0.2, 0.25) is 0 Å². The van der Waals surface area contributed by atoms with Crippen LogP contribution in [-0.4, -0.2) is 87.9 Å². The van der Waals surface area contributed by atoms with E-state index in [1.807, 2.05) is 0 Å². The molecule has 1 fully saturated rings. The van der Waals surface area contributed by atoms with Gasteiger partial charge in [-0.25, -0.2) is 4.79 Å². The molecule has 2 aromatic carbocycles. The molecule has 12 heteroatoms. The van der Waals surface area contributed by atoms with Gasteiger partial charge in [-0.1, -0.05) is 24.3 Å². The highest BCUT2D eigenvalue weighted by Crippen LogP contribution is 2.32. The molecule has 39 heavy (non-hydrogen) atoms. The van der Waals surface area contributed by atoms with Crippen molar-refractivity contribution in [2.24, 2.45) is 0 Å². The molecular formula is C27H28O12. The summed E-state index contributed by atoms with van der Waals surface area (Å²) in [5.41, 5.74) is 0.804. The summed E-state index contributed by atoms with van der Waals surface area (Å²) in [6.07, 6.45) is -4.46. The molecule has 3 rings (SSSR count). The number of carboxylic acids is 1. The normalized spacial score (nSPS) is 24.5. The van der Waals surface area contributed by atoms with Gasteiger partial charge in [0.2, 0.25) is 6.29 Å². The summed E-state index contributed by atoms with van der Waals surface area (Å²) in [6, 6.07) is 8.16. The van der Waals surface area contributed by atoms with Crippen molar-refractivity contribution in [2.45, 2.75) is 37.1 Å². The fraction of sp³-hybridized carbons (Fsp3) is 0.296. The minimum atomic E-state index is -2.78. The van der Waals surface area contributed by atoms with Crippen molar-refractivity contribution in [1.82, 2.24) is 0 Å². The fourth-order valence-electron chi connectivity index (χ4n) is 3.54. The van der Waals surface area contributed by atoms with Crippen LogP contribution in [0.3, 0.4) is 0 Å². The Labute approximate surface area is 227 Å². The van der Waals surface area contributed by atoms with E-state index in [0.29, 0.717) is 11.1 Å². The van der Waals surface area contributed by atoms with E-state index < -0.39 is 67.4 Å². The van der Waals surface area contributed by atoms with Crippen LogP contribution in [0.15, 0.2) is 48.6 Å². The highest BCUT2D eigenvalue weighted by atomic mass is 16.7. The van der Waals surface area contributed by atoms with Gasteiger partial charge in [-0.3, -0.25) is 9.59 Å². The first kappa shape index (κ1) is 25.1. The Morgan fingerprint density at radius 1 is 0.897 bits per heavy atom. The van der Waals surface area contributed by atoms with Gasteiger partial charge in [-0.2, -0.15) is 0 Å². The van der Waals surface area contributed by atoms with Gasteiger partial charge in [0.1, 0.15) is 18.3 Å². The molecule has 0 aromatic heterocycles. The number of hydrogen-bond acceptors (Lipinski definition) is 11. The van der Waals surface area contributed by atoms with Crippen molar-refractivity contribution >= 4 is 29.7 Å². The van der Waals surface area contributed by atoms with Gasteiger partial charge in [0.05, 0.1) is 24.7 Å². The topological polar surface area (TPSA) is 189 Å². The van der Waals surface area contributed by atoms with E-state index in [2.05, 4.69) is 0 Å². The van der Waals surface area contributed by atoms with Crippen molar-refractivity contribution < 1.29 is 63.0 Å². The molecule has 1 aliphatic heterocycles. The number of allylic oxidation sites excluding steroid dienone is 2. The van der Waals surface area contributed by atoms with Crippen molar-refractivity contribution in [3.05, 3.63) is 59.7 Å². The fourth-order valence-corrected chi connectivity index (χ4v) is 3.54. The van der Waals surface area contributed by atoms with Crippen molar-refractivity contribution in [2.75, 3.05) is 14.1 Å². The van der Waals surface area contributed by atoms with Crippen LogP contribution in [0.25, 0.3) is 12.2 Å². The van der Waals surface area contributed by atoms with E-state index in [4.69, 9.17) is 23.1 Å². The van der Waals surface area contributed by atoms with Crippen molar-refractivity contribution in [3.63, 3.8) is 0 Å². The number of methoxy groups -OCH3 is 2. The standard InChI is InChI=1S/C27H28O12/c1-36-20-11-14(5-9-18(20)30)3-7-16(28)13-17(29)8-4-15-6-10-19(21(12-15)37-2)38-27-24(33)22(31)23(32)25(39-27)26(34)35/h3-12,22-25,27,30-33H,13H2,1-2H3,(H,34,35)/b7-3+,8-4+/t22-,23-,24+,25-,27+/m0/s1/i1D3.